The number of aryl methyl sites for hydroxylation is 1. The van der Waals surface area contributed by atoms with E-state index in [2.05, 4.69) is 5.32 Å². The van der Waals surface area contributed by atoms with Gasteiger partial charge in [0.1, 0.15) is 0 Å². The Kier molecular flexibility index (Phi) is 7.88. The quantitative estimate of drug-likeness (QED) is 0.421. The summed E-state index contributed by atoms with van der Waals surface area (Å²) < 4.78 is 15.6. The number of rotatable bonds is 10. The molecule has 0 aromatic heterocycles. The summed E-state index contributed by atoms with van der Waals surface area (Å²) in [5.41, 5.74) is 2.44. The fourth-order valence-electron chi connectivity index (χ4n) is 3.62. The molecule has 0 spiro atoms. The number of esters is 1. The SMILES string of the molecule is COc1ccc(CNC(=O)C(C)OC(=O)CCCN2C(=O)c3ccc(C)cc3C2=O)cc1OC. The lowest BCUT2D eigenvalue weighted by Crippen LogP contribution is -2.35. The molecule has 1 atom stereocenters. The van der Waals surface area contributed by atoms with E-state index in [-0.39, 0.29) is 37.7 Å². The van der Waals surface area contributed by atoms with Gasteiger partial charge in [-0.3, -0.25) is 24.1 Å². The van der Waals surface area contributed by atoms with Crippen LogP contribution in [0.1, 0.15) is 51.6 Å². The summed E-state index contributed by atoms with van der Waals surface area (Å²) in [6, 6.07) is 10.4. The molecule has 0 saturated carbocycles. The first-order valence-corrected chi connectivity index (χ1v) is 10.9. The Morgan fingerprint density at radius 3 is 2.38 bits per heavy atom. The Morgan fingerprint density at radius 1 is 0.971 bits per heavy atom. The molecule has 34 heavy (non-hydrogen) atoms. The summed E-state index contributed by atoms with van der Waals surface area (Å²) in [5.74, 6) is -0.630. The molecule has 0 bridgehead atoms. The predicted octanol–water partition coefficient (Wildman–Crippen LogP) is 2.64. The fraction of sp³-hybridized carbons (Fsp3) is 0.360. The average Bonchev–Trinajstić information content (AvgIpc) is 3.06. The van der Waals surface area contributed by atoms with Gasteiger partial charge in [-0.1, -0.05) is 17.7 Å². The molecule has 1 unspecified atom stereocenters. The molecule has 3 amide bonds. The van der Waals surface area contributed by atoms with Crippen LogP contribution in [0.2, 0.25) is 0 Å². The number of nitrogens with one attached hydrogen (secondary N) is 1. The van der Waals surface area contributed by atoms with E-state index in [1.54, 1.807) is 36.4 Å². The highest BCUT2D eigenvalue weighted by atomic mass is 16.5. The van der Waals surface area contributed by atoms with Gasteiger partial charge in [0.15, 0.2) is 17.6 Å². The Bertz CT molecular complexity index is 1110. The van der Waals surface area contributed by atoms with Crippen molar-refractivity contribution in [1.82, 2.24) is 10.2 Å². The fourth-order valence-corrected chi connectivity index (χ4v) is 3.62. The summed E-state index contributed by atoms with van der Waals surface area (Å²) in [6.45, 7) is 3.65. The topological polar surface area (TPSA) is 111 Å². The van der Waals surface area contributed by atoms with Gasteiger partial charge in [0, 0.05) is 19.5 Å². The van der Waals surface area contributed by atoms with E-state index in [0.29, 0.717) is 22.6 Å². The van der Waals surface area contributed by atoms with Crippen LogP contribution >= 0.6 is 0 Å². The summed E-state index contributed by atoms with van der Waals surface area (Å²) in [4.78, 5) is 50.5. The van der Waals surface area contributed by atoms with Gasteiger partial charge in [-0.15, -0.1) is 0 Å². The van der Waals surface area contributed by atoms with Crippen LogP contribution in [-0.2, 0) is 20.9 Å². The number of fused-ring (bicyclic) bond motifs is 1. The van der Waals surface area contributed by atoms with Crippen LogP contribution in [0.5, 0.6) is 11.5 Å². The number of carbonyl (C=O) groups is 4. The number of carbonyl (C=O) groups excluding carboxylic acids is 4. The predicted molar refractivity (Wildman–Crippen MR) is 123 cm³/mol. The molecule has 1 heterocycles. The number of methoxy groups -OCH3 is 2. The monoisotopic (exact) mass is 468 g/mol. The van der Waals surface area contributed by atoms with Gasteiger partial charge in [0.25, 0.3) is 17.7 Å². The van der Waals surface area contributed by atoms with Gasteiger partial charge in [-0.2, -0.15) is 0 Å². The van der Waals surface area contributed by atoms with Gasteiger partial charge in [0.2, 0.25) is 0 Å². The molecule has 1 aliphatic heterocycles. The van der Waals surface area contributed by atoms with Crippen molar-refractivity contribution in [3.63, 3.8) is 0 Å². The number of benzene rings is 2. The normalized spacial score (nSPS) is 13.4. The summed E-state index contributed by atoms with van der Waals surface area (Å²) >= 11 is 0. The minimum absolute atomic E-state index is 0.0280. The lowest BCUT2D eigenvalue weighted by Gasteiger charge is -2.16. The Morgan fingerprint density at radius 2 is 1.68 bits per heavy atom. The number of amides is 3. The van der Waals surface area contributed by atoms with E-state index in [0.717, 1.165) is 16.0 Å². The van der Waals surface area contributed by atoms with Crippen LogP contribution in [0, 0.1) is 6.92 Å². The Hall–Kier alpha value is -3.88. The molecule has 0 aliphatic carbocycles. The van der Waals surface area contributed by atoms with Crippen molar-refractivity contribution in [1.29, 1.82) is 0 Å². The van der Waals surface area contributed by atoms with Crippen molar-refractivity contribution >= 4 is 23.7 Å². The molecule has 3 rings (SSSR count). The second-order valence-electron chi connectivity index (χ2n) is 7.95. The van der Waals surface area contributed by atoms with Gasteiger partial charge >= 0.3 is 5.97 Å². The smallest absolute Gasteiger partial charge is 0.306 e. The van der Waals surface area contributed by atoms with Gasteiger partial charge < -0.3 is 19.5 Å². The molecule has 2 aromatic rings. The van der Waals surface area contributed by atoms with Gasteiger partial charge in [0.05, 0.1) is 25.3 Å². The number of nitrogens with zero attached hydrogens (tertiary/aromatic N) is 1. The molecular weight excluding hydrogens is 440 g/mol. The number of hydrogen-bond donors (Lipinski definition) is 1. The van der Waals surface area contributed by atoms with E-state index < -0.39 is 18.0 Å². The van der Waals surface area contributed by atoms with Crippen LogP contribution < -0.4 is 14.8 Å². The lowest BCUT2D eigenvalue weighted by molar-refractivity contribution is -0.155. The van der Waals surface area contributed by atoms with Crippen molar-refractivity contribution in [2.24, 2.45) is 0 Å². The minimum atomic E-state index is -0.991. The maximum absolute atomic E-state index is 12.5. The van der Waals surface area contributed by atoms with E-state index >= 15 is 0 Å². The molecule has 9 heteroatoms. The van der Waals surface area contributed by atoms with E-state index in [9.17, 15) is 19.2 Å². The van der Waals surface area contributed by atoms with Gasteiger partial charge in [-0.05, 0) is 50.1 Å². The first-order valence-electron chi connectivity index (χ1n) is 10.9. The highest BCUT2D eigenvalue weighted by Gasteiger charge is 2.35. The standard InChI is InChI=1S/C25H28N2O7/c1-15-7-9-18-19(12-15)25(31)27(24(18)30)11-5-6-22(28)34-16(2)23(29)26-14-17-8-10-20(32-3)21(13-17)33-4/h7-10,12-13,16H,5-6,11,14H2,1-4H3,(H,26,29). The molecular formula is C25H28N2O7. The second kappa shape index (κ2) is 10.8. The van der Waals surface area contributed by atoms with Crippen LogP contribution in [0.3, 0.4) is 0 Å². The van der Waals surface area contributed by atoms with Crippen molar-refractivity contribution < 1.29 is 33.4 Å². The first-order chi connectivity index (χ1) is 16.2. The lowest BCUT2D eigenvalue weighted by atomic mass is 10.1. The van der Waals surface area contributed by atoms with Crippen LogP contribution in [0.15, 0.2) is 36.4 Å². The zero-order valence-electron chi connectivity index (χ0n) is 19.7. The minimum Gasteiger partial charge on any atom is -0.493 e. The number of hydrogen-bond acceptors (Lipinski definition) is 7. The molecule has 0 saturated heterocycles. The first kappa shape index (κ1) is 24.8. The van der Waals surface area contributed by atoms with Crippen molar-refractivity contribution in [2.75, 3.05) is 20.8 Å². The Balaban J connectivity index is 1.43. The summed E-state index contributed by atoms with van der Waals surface area (Å²) in [7, 11) is 3.06. The largest absolute Gasteiger partial charge is 0.493 e. The van der Waals surface area contributed by atoms with Crippen LogP contribution in [0.4, 0.5) is 0 Å². The zero-order valence-corrected chi connectivity index (χ0v) is 19.7. The van der Waals surface area contributed by atoms with E-state index in [1.807, 2.05) is 6.92 Å². The van der Waals surface area contributed by atoms with E-state index in [4.69, 9.17) is 14.2 Å². The van der Waals surface area contributed by atoms with Crippen LogP contribution in [0.25, 0.3) is 0 Å². The number of ether oxygens (including phenoxy) is 3. The molecule has 0 fully saturated rings. The zero-order chi connectivity index (χ0) is 24.8. The second-order valence-corrected chi connectivity index (χ2v) is 7.95. The number of imide groups is 1. The maximum Gasteiger partial charge on any atom is 0.306 e. The molecule has 180 valence electrons. The summed E-state index contributed by atoms with van der Waals surface area (Å²) in [5, 5.41) is 2.71. The van der Waals surface area contributed by atoms with Crippen molar-refractivity contribution in [3.8, 4) is 11.5 Å². The molecule has 0 radical (unpaired) electrons. The third-order valence-electron chi connectivity index (χ3n) is 5.48. The highest BCUT2D eigenvalue weighted by molar-refractivity contribution is 6.21. The summed E-state index contributed by atoms with van der Waals surface area (Å²) in [6.07, 6.45) is -0.780. The molecule has 9 nitrogen and oxygen atoms in total. The maximum atomic E-state index is 12.5. The van der Waals surface area contributed by atoms with Gasteiger partial charge in [-0.25, -0.2) is 0 Å². The molecule has 1 aliphatic rings. The average molecular weight is 469 g/mol. The van der Waals surface area contributed by atoms with E-state index in [1.165, 1.54) is 21.1 Å². The Labute approximate surface area is 198 Å². The van der Waals surface area contributed by atoms with Crippen molar-refractivity contribution in [3.05, 3.63) is 58.7 Å². The highest BCUT2D eigenvalue weighted by Crippen LogP contribution is 2.27. The third kappa shape index (κ3) is 5.54. The van der Waals surface area contributed by atoms with Crippen molar-refractivity contribution in [2.45, 2.75) is 39.3 Å². The third-order valence-corrected chi connectivity index (χ3v) is 5.48. The van der Waals surface area contributed by atoms with Crippen LogP contribution in [-0.4, -0.2) is 55.5 Å². The molecule has 1 N–H and O–H groups in total. The molecule has 2 aromatic carbocycles.